The lowest BCUT2D eigenvalue weighted by molar-refractivity contribution is 0.302. The van der Waals surface area contributed by atoms with Gasteiger partial charge >= 0.3 is 0 Å². The Morgan fingerprint density at radius 3 is 3.25 bits per heavy atom. The standard InChI is InChI=1S/C9H11NO2/c1-12-9-4-2-3-8(5-9)6-10-7-11/h4-5H,2-3,6H2,1H3. The molecule has 0 atom stereocenters. The van der Waals surface area contributed by atoms with Crippen LogP contribution in [-0.4, -0.2) is 19.7 Å². The van der Waals surface area contributed by atoms with Gasteiger partial charge < -0.3 is 4.74 Å². The monoisotopic (exact) mass is 165 g/mol. The minimum absolute atomic E-state index is 0.449. The maximum absolute atomic E-state index is 9.83. The van der Waals surface area contributed by atoms with Crippen LogP contribution in [0.4, 0.5) is 0 Å². The molecule has 0 unspecified atom stereocenters. The smallest absolute Gasteiger partial charge is 0.235 e. The molecule has 3 heteroatoms. The summed E-state index contributed by atoms with van der Waals surface area (Å²) in [6.07, 6.45) is 7.38. The van der Waals surface area contributed by atoms with E-state index in [4.69, 9.17) is 4.74 Å². The van der Waals surface area contributed by atoms with Gasteiger partial charge in [0.1, 0.15) is 5.76 Å². The molecule has 0 amide bonds. The molecule has 0 spiro atoms. The third-order valence-corrected chi connectivity index (χ3v) is 1.74. The molecule has 0 bridgehead atoms. The Labute approximate surface area is 71.4 Å². The molecule has 0 radical (unpaired) electrons. The van der Waals surface area contributed by atoms with Crippen LogP contribution in [0, 0.1) is 0 Å². The van der Waals surface area contributed by atoms with Crippen molar-refractivity contribution in [1.82, 2.24) is 0 Å². The molecule has 1 aliphatic carbocycles. The van der Waals surface area contributed by atoms with E-state index in [0.29, 0.717) is 6.54 Å². The molecule has 0 fully saturated rings. The number of aliphatic imine (C=N–C) groups is 1. The SMILES string of the molecule is COC1=CCCC(CN=C=O)=C1. The van der Waals surface area contributed by atoms with Crippen LogP contribution in [0.3, 0.4) is 0 Å². The zero-order chi connectivity index (χ0) is 8.81. The Kier molecular flexibility index (Phi) is 3.30. The van der Waals surface area contributed by atoms with E-state index in [0.717, 1.165) is 24.2 Å². The molecule has 0 saturated heterocycles. The Balaban J connectivity index is 2.59. The summed E-state index contributed by atoms with van der Waals surface area (Å²) in [5, 5.41) is 0. The molecule has 0 aliphatic heterocycles. The van der Waals surface area contributed by atoms with Gasteiger partial charge in [-0.3, -0.25) is 0 Å². The van der Waals surface area contributed by atoms with E-state index in [1.807, 2.05) is 12.2 Å². The predicted molar refractivity (Wildman–Crippen MR) is 45.4 cm³/mol. The van der Waals surface area contributed by atoms with Gasteiger partial charge in [0.25, 0.3) is 0 Å². The second kappa shape index (κ2) is 4.52. The minimum Gasteiger partial charge on any atom is -0.497 e. The first kappa shape index (κ1) is 8.75. The van der Waals surface area contributed by atoms with Crippen molar-refractivity contribution in [2.75, 3.05) is 13.7 Å². The van der Waals surface area contributed by atoms with E-state index in [1.54, 1.807) is 7.11 Å². The van der Waals surface area contributed by atoms with E-state index < -0.39 is 0 Å². The Morgan fingerprint density at radius 2 is 2.58 bits per heavy atom. The minimum atomic E-state index is 0.449. The van der Waals surface area contributed by atoms with Gasteiger partial charge in [0.2, 0.25) is 6.08 Å². The molecule has 0 aromatic heterocycles. The van der Waals surface area contributed by atoms with Gasteiger partial charge in [-0.2, -0.15) is 0 Å². The second-order valence-corrected chi connectivity index (χ2v) is 2.56. The van der Waals surface area contributed by atoms with Crippen LogP contribution in [0.5, 0.6) is 0 Å². The van der Waals surface area contributed by atoms with Crippen LogP contribution in [0.15, 0.2) is 28.5 Å². The lowest BCUT2D eigenvalue weighted by atomic mass is 10.0. The van der Waals surface area contributed by atoms with Gasteiger partial charge in [0, 0.05) is 0 Å². The topological polar surface area (TPSA) is 38.7 Å². The highest BCUT2D eigenvalue weighted by Gasteiger charge is 2.04. The van der Waals surface area contributed by atoms with Crippen molar-refractivity contribution < 1.29 is 9.53 Å². The highest BCUT2D eigenvalue weighted by atomic mass is 16.5. The number of hydrogen-bond donors (Lipinski definition) is 0. The van der Waals surface area contributed by atoms with Crippen LogP contribution in [0.2, 0.25) is 0 Å². The van der Waals surface area contributed by atoms with Gasteiger partial charge in [-0.25, -0.2) is 9.79 Å². The van der Waals surface area contributed by atoms with Crippen molar-refractivity contribution in [3.8, 4) is 0 Å². The van der Waals surface area contributed by atoms with Gasteiger partial charge in [-0.1, -0.05) is 0 Å². The van der Waals surface area contributed by atoms with Crippen molar-refractivity contribution in [1.29, 1.82) is 0 Å². The Morgan fingerprint density at radius 1 is 1.75 bits per heavy atom. The van der Waals surface area contributed by atoms with Crippen LogP contribution >= 0.6 is 0 Å². The lowest BCUT2D eigenvalue weighted by Gasteiger charge is -2.10. The van der Waals surface area contributed by atoms with E-state index in [-0.39, 0.29) is 0 Å². The quantitative estimate of drug-likeness (QED) is 0.470. The zero-order valence-electron chi connectivity index (χ0n) is 7.04. The van der Waals surface area contributed by atoms with Gasteiger partial charge in [-0.15, -0.1) is 0 Å². The largest absolute Gasteiger partial charge is 0.497 e. The highest BCUT2D eigenvalue weighted by molar-refractivity contribution is 5.35. The molecule has 1 aliphatic rings. The van der Waals surface area contributed by atoms with Crippen LogP contribution in [-0.2, 0) is 9.53 Å². The van der Waals surface area contributed by atoms with Gasteiger partial charge in [0.05, 0.1) is 13.7 Å². The number of rotatable bonds is 3. The van der Waals surface area contributed by atoms with Crippen molar-refractivity contribution in [2.45, 2.75) is 12.8 Å². The molecule has 0 aromatic carbocycles. The lowest BCUT2D eigenvalue weighted by Crippen LogP contribution is -1.96. The summed E-state index contributed by atoms with van der Waals surface area (Å²) in [6, 6.07) is 0. The summed E-state index contributed by atoms with van der Waals surface area (Å²) >= 11 is 0. The first-order valence-corrected chi connectivity index (χ1v) is 3.84. The number of ether oxygens (including phenoxy) is 1. The fourth-order valence-electron chi connectivity index (χ4n) is 1.13. The van der Waals surface area contributed by atoms with Crippen LogP contribution < -0.4 is 0 Å². The number of nitrogens with zero attached hydrogens (tertiary/aromatic N) is 1. The fourth-order valence-corrected chi connectivity index (χ4v) is 1.13. The number of methoxy groups -OCH3 is 1. The van der Waals surface area contributed by atoms with Crippen molar-refractivity contribution >= 4 is 6.08 Å². The molecule has 64 valence electrons. The summed E-state index contributed by atoms with van der Waals surface area (Å²) in [7, 11) is 1.63. The predicted octanol–water partition coefficient (Wildman–Crippen LogP) is 1.57. The molecule has 0 aromatic rings. The second-order valence-electron chi connectivity index (χ2n) is 2.56. The van der Waals surface area contributed by atoms with Crippen LogP contribution in [0.25, 0.3) is 0 Å². The number of hydrogen-bond acceptors (Lipinski definition) is 3. The maximum atomic E-state index is 9.83. The van der Waals surface area contributed by atoms with E-state index in [2.05, 4.69) is 4.99 Å². The van der Waals surface area contributed by atoms with E-state index in [9.17, 15) is 4.79 Å². The van der Waals surface area contributed by atoms with Crippen molar-refractivity contribution in [3.63, 3.8) is 0 Å². The third kappa shape index (κ3) is 2.36. The number of isocyanates is 1. The summed E-state index contributed by atoms with van der Waals surface area (Å²) < 4.78 is 5.05. The summed E-state index contributed by atoms with van der Waals surface area (Å²) in [6.45, 7) is 0.449. The molecule has 0 heterocycles. The van der Waals surface area contributed by atoms with Gasteiger partial charge in [-0.05, 0) is 30.6 Å². The van der Waals surface area contributed by atoms with Gasteiger partial charge in [0.15, 0.2) is 0 Å². The maximum Gasteiger partial charge on any atom is 0.235 e. The molecule has 3 nitrogen and oxygen atoms in total. The van der Waals surface area contributed by atoms with Crippen molar-refractivity contribution in [3.05, 3.63) is 23.5 Å². The molecular formula is C9H11NO2. The number of carbonyl (C=O) groups excluding carboxylic acids is 1. The summed E-state index contributed by atoms with van der Waals surface area (Å²) in [5.41, 5.74) is 1.12. The third-order valence-electron chi connectivity index (χ3n) is 1.74. The van der Waals surface area contributed by atoms with Crippen molar-refractivity contribution in [2.24, 2.45) is 4.99 Å². The normalized spacial score (nSPS) is 15.8. The molecule has 0 N–H and O–H groups in total. The molecular weight excluding hydrogens is 154 g/mol. The van der Waals surface area contributed by atoms with E-state index in [1.165, 1.54) is 6.08 Å². The van der Waals surface area contributed by atoms with Crippen LogP contribution in [0.1, 0.15) is 12.8 Å². The Bertz CT molecular complexity index is 260. The average molecular weight is 165 g/mol. The molecule has 12 heavy (non-hydrogen) atoms. The highest BCUT2D eigenvalue weighted by Crippen LogP contribution is 2.17. The summed E-state index contributed by atoms with van der Waals surface area (Å²) in [5.74, 6) is 0.859. The first-order chi connectivity index (χ1) is 5.86. The summed E-state index contributed by atoms with van der Waals surface area (Å²) in [4.78, 5) is 13.3. The first-order valence-electron chi connectivity index (χ1n) is 3.84. The number of allylic oxidation sites excluding steroid dienone is 2. The van der Waals surface area contributed by atoms with E-state index >= 15 is 0 Å². The molecule has 0 saturated carbocycles. The average Bonchev–Trinajstić information content (AvgIpc) is 2.15. The Hall–Kier alpha value is -1.34. The fraction of sp³-hybridized carbons (Fsp3) is 0.444. The zero-order valence-corrected chi connectivity index (χ0v) is 7.04. The molecule has 1 rings (SSSR count).